The van der Waals surface area contributed by atoms with Gasteiger partial charge in [-0.2, -0.15) is 0 Å². The average molecular weight is 293 g/mol. The number of ether oxygens (including phenoxy) is 3. The number of nitrogens with two attached hydrogens (primary N) is 1. The smallest absolute Gasteiger partial charge is 0.216 e. The van der Waals surface area contributed by atoms with Gasteiger partial charge in [0.1, 0.15) is 6.33 Å². The van der Waals surface area contributed by atoms with Crippen LogP contribution in [0.2, 0.25) is 0 Å². The predicted molar refractivity (Wildman–Crippen MR) is 77.0 cm³/mol. The van der Waals surface area contributed by atoms with Gasteiger partial charge in [0.15, 0.2) is 0 Å². The number of hydrogen-bond acceptors (Lipinski definition) is 6. The van der Waals surface area contributed by atoms with Crippen LogP contribution in [-0.2, 0) is 9.47 Å². The first-order valence-corrected chi connectivity index (χ1v) is 7.56. The maximum Gasteiger partial charge on any atom is 0.216 e. The summed E-state index contributed by atoms with van der Waals surface area (Å²) in [5.74, 6) is 0.930. The van der Waals surface area contributed by atoms with Crippen LogP contribution in [-0.4, -0.2) is 42.5 Å². The first-order chi connectivity index (χ1) is 10.2. The van der Waals surface area contributed by atoms with E-state index in [2.05, 4.69) is 9.97 Å². The molecule has 1 spiro atoms. The molecule has 3 heterocycles. The molecule has 2 atom stereocenters. The van der Waals surface area contributed by atoms with Crippen LogP contribution in [0, 0.1) is 5.92 Å². The number of aromatic nitrogens is 2. The summed E-state index contributed by atoms with van der Waals surface area (Å²) in [6, 6.07) is 1.72. The monoisotopic (exact) mass is 293 g/mol. The van der Waals surface area contributed by atoms with Gasteiger partial charge >= 0.3 is 0 Å². The third-order valence-corrected chi connectivity index (χ3v) is 4.66. The van der Waals surface area contributed by atoms with Gasteiger partial charge in [0.2, 0.25) is 5.88 Å². The molecule has 6 heteroatoms. The number of nitrogens with zero attached hydrogens (tertiary/aromatic N) is 2. The van der Waals surface area contributed by atoms with Gasteiger partial charge in [-0.25, -0.2) is 9.97 Å². The molecule has 1 aromatic rings. The predicted octanol–water partition coefficient (Wildman–Crippen LogP) is 1.46. The van der Waals surface area contributed by atoms with Crippen molar-refractivity contribution >= 4 is 0 Å². The highest BCUT2D eigenvalue weighted by molar-refractivity contribution is 5.17. The fourth-order valence-corrected chi connectivity index (χ4v) is 3.35. The molecule has 0 aliphatic carbocycles. The summed E-state index contributed by atoms with van der Waals surface area (Å²) in [6.45, 7) is 2.33. The SMILES string of the molecule is COc1cc(C(N)C2CCOC3(CCOCC3)C2)ncn1. The normalized spacial score (nSPS) is 26.5. The lowest BCUT2D eigenvalue weighted by atomic mass is 9.77. The van der Waals surface area contributed by atoms with Crippen LogP contribution < -0.4 is 10.5 Å². The van der Waals surface area contributed by atoms with Crippen LogP contribution in [0.3, 0.4) is 0 Å². The molecule has 3 rings (SSSR count). The number of rotatable bonds is 3. The van der Waals surface area contributed by atoms with Gasteiger partial charge in [-0.3, -0.25) is 0 Å². The molecule has 0 radical (unpaired) electrons. The highest BCUT2D eigenvalue weighted by Gasteiger charge is 2.41. The third kappa shape index (κ3) is 3.17. The molecule has 0 aromatic carbocycles. The van der Waals surface area contributed by atoms with E-state index < -0.39 is 0 Å². The summed E-state index contributed by atoms with van der Waals surface area (Å²) >= 11 is 0. The van der Waals surface area contributed by atoms with Crippen LogP contribution in [0.25, 0.3) is 0 Å². The quantitative estimate of drug-likeness (QED) is 0.909. The summed E-state index contributed by atoms with van der Waals surface area (Å²) in [5, 5.41) is 0. The standard InChI is InChI=1S/C15H23N3O3/c1-19-13-8-12(17-10-18-13)14(16)11-2-5-21-15(9-11)3-6-20-7-4-15/h8,10-11,14H,2-7,9,16H2,1H3. The van der Waals surface area contributed by atoms with Crippen molar-refractivity contribution in [1.29, 1.82) is 0 Å². The molecule has 2 fully saturated rings. The molecule has 6 nitrogen and oxygen atoms in total. The van der Waals surface area contributed by atoms with E-state index in [0.29, 0.717) is 11.8 Å². The molecule has 2 aliphatic heterocycles. The summed E-state index contributed by atoms with van der Waals surface area (Å²) < 4.78 is 16.7. The Morgan fingerprint density at radius 1 is 1.33 bits per heavy atom. The summed E-state index contributed by atoms with van der Waals surface area (Å²) in [7, 11) is 1.60. The van der Waals surface area contributed by atoms with Crippen LogP contribution in [0.4, 0.5) is 0 Å². The van der Waals surface area contributed by atoms with Gasteiger partial charge < -0.3 is 19.9 Å². The van der Waals surface area contributed by atoms with Crippen molar-refractivity contribution < 1.29 is 14.2 Å². The molecule has 1 aromatic heterocycles. The third-order valence-electron chi connectivity index (χ3n) is 4.66. The molecular weight excluding hydrogens is 270 g/mol. The minimum atomic E-state index is -0.106. The zero-order valence-corrected chi connectivity index (χ0v) is 12.5. The Kier molecular flexibility index (Phi) is 4.37. The summed E-state index contributed by atoms with van der Waals surface area (Å²) in [6.07, 6.45) is 5.38. The van der Waals surface area contributed by atoms with E-state index in [1.165, 1.54) is 6.33 Å². The van der Waals surface area contributed by atoms with Crippen molar-refractivity contribution in [2.45, 2.75) is 37.3 Å². The van der Waals surface area contributed by atoms with E-state index in [4.69, 9.17) is 19.9 Å². The number of methoxy groups -OCH3 is 1. The van der Waals surface area contributed by atoms with Crippen molar-refractivity contribution in [3.8, 4) is 5.88 Å². The maximum atomic E-state index is 6.45. The summed E-state index contributed by atoms with van der Waals surface area (Å²) in [4.78, 5) is 8.35. The lowest BCUT2D eigenvalue weighted by Gasteiger charge is -2.44. The molecule has 2 aliphatic rings. The summed E-state index contributed by atoms with van der Waals surface area (Å²) in [5.41, 5.74) is 7.25. The Morgan fingerprint density at radius 3 is 2.90 bits per heavy atom. The zero-order valence-electron chi connectivity index (χ0n) is 12.5. The van der Waals surface area contributed by atoms with Crippen molar-refractivity contribution in [3.05, 3.63) is 18.1 Å². The van der Waals surface area contributed by atoms with Crippen molar-refractivity contribution in [3.63, 3.8) is 0 Å². The fraction of sp³-hybridized carbons (Fsp3) is 0.733. The van der Waals surface area contributed by atoms with Gasteiger partial charge in [-0.1, -0.05) is 0 Å². The van der Waals surface area contributed by atoms with Gasteiger partial charge in [-0.15, -0.1) is 0 Å². The Hall–Kier alpha value is -1.24. The minimum Gasteiger partial charge on any atom is -0.481 e. The number of hydrogen-bond donors (Lipinski definition) is 1. The Labute approximate surface area is 125 Å². The van der Waals surface area contributed by atoms with Crippen LogP contribution in [0.1, 0.15) is 37.4 Å². The molecule has 21 heavy (non-hydrogen) atoms. The lowest BCUT2D eigenvalue weighted by molar-refractivity contribution is -0.149. The van der Waals surface area contributed by atoms with Crippen molar-refractivity contribution in [2.24, 2.45) is 11.7 Å². The largest absolute Gasteiger partial charge is 0.481 e. The molecule has 0 saturated carbocycles. The zero-order chi connectivity index (χ0) is 14.7. The Morgan fingerprint density at radius 2 is 2.14 bits per heavy atom. The van der Waals surface area contributed by atoms with Crippen LogP contribution >= 0.6 is 0 Å². The fourth-order valence-electron chi connectivity index (χ4n) is 3.35. The highest BCUT2D eigenvalue weighted by atomic mass is 16.5. The first kappa shape index (κ1) is 14.7. The molecule has 116 valence electrons. The maximum absolute atomic E-state index is 6.45. The van der Waals surface area contributed by atoms with Gasteiger partial charge in [0.05, 0.1) is 24.4 Å². The lowest BCUT2D eigenvalue weighted by Crippen LogP contribution is -2.46. The first-order valence-electron chi connectivity index (χ1n) is 7.56. The Balaban J connectivity index is 1.72. The van der Waals surface area contributed by atoms with E-state index in [0.717, 1.165) is 51.2 Å². The topological polar surface area (TPSA) is 79.5 Å². The van der Waals surface area contributed by atoms with Crippen LogP contribution in [0.15, 0.2) is 12.4 Å². The van der Waals surface area contributed by atoms with E-state index in [-0.39, 0.29) is 11.6 Å². The van der Waals surface area contributed by atoms with Gasteiger partial charge in [0.25, 0.3) is 0 Å². The Bertz CT molecular complexity index is 471. The highest BCUT2D eigenvalue weighted by Crippen LogP contribution is 2.40. The second kappa shape index (κ2) is 6.25. The van der Waals surface area contributed by atoms with E-state index in [1.807, 2.05) is 6.07 Å². The van der Waals surface area contributed by atoms with Gasteiger partial charge in [0, 0.05) is 25.9 Å². The molecule has 0 bridgehead atoms. The molecule has 2 saturated heterocycles. The molecular formula is C15H23N3O3. The second-order valence-electron chi connectivity index (χ2n) is 5.91. The van der Waals surface area contributed by atoms with E-state index in [1.54, 1.807) is 7.11 Å². The van der Waals surface area contributed by atoms with Crippen LogP contribution in [0.5, 0.6) is 5.88 Å². The molecule has 2 unspecified atom stereocenters. The molecule has 0 amide bonds. The van der Waals surface area contributed by atoms with E-state index in [9.17, 15) is 0 Å². The minimum absolute atomic E-state index is 0.0457. The van der Waals surface area contributed by atoms with Crippen molar-refractivity contribution in [1.82, 2.24) is 9.97 Å². The van der Waals surface area contributed by atoms with Crippen molar-refractivity contribution in [2.75, 3.05) is 26.9 Å². The molecule has 2 N–H and O–H groups in total. The van der Waals surface area contributed by atoms with E-state index >= 15 is 0 Å². The van der Waals surface area contributed by atoms with Gasteiger partial charge in [-0.05, 0) is 31.6 Å². The average Bonchev–Trinajstić information content (AvgIpc) is 2.55. The second-order valence-corrected chi connectivity index (χ2v) is 5.91.